The van der Waals surface area contributed by atoms with Crippen molar-refractivity contribution in [2.75, 3.05) is 30.8 Å². The van der Waals surface area contributed by atoms with Crippen LogP contribution in [0.2, 0.25) is 0 Å². The van der Waals surface area contributed by atoms with E-state index in [1.54, 1.807) is 0 Å². The molecule has 1 rings (SSSR count). The van der Waals surface area contributed by atoms with E-state index < -0.39 is 0 Å². The Balaban J connectivity index is 2.95. The summed E-state index contributed by atoms with van der Waals surface area (Å²) in [7, 11) is 1.87. The smallest absolute Gasteiger partial charge is 0.134 e. The zero-order valence-corrected chi connectivity index (χ0v) is 12.7. The molecule has 3 N–H and O–H groups in total. The molecular formula is C14H26N4O. The van der Waals surface area contributed by atoms with Crippen LogP contribution in [0.1, 0.15) is 38.6 Å². The van der Waals surface area contributed by atoms with Crippen LogP contribution in [0.5, 0.6) is 0 Å². The van der Waals surface area contributed by atoms with Gasteiger partial charge in [-0.3, -0.25) is 0 Å². The predicted octanol–water partition coefficient (Wildman–Crippen LogP) is 2.21. The van der Waals surface area contributed by atoms with Crippen LogP contribution in [0.4, 0.5) is 11.6 Å². The first-order valence-electron chi connectivity index (χ1n) is 6.83. The standard InChI is InChI=1S/C14H26N4O/c1-6-7-11-17-12(15-5)10(2)13(18-11)16-8-14(3,4)9-19/h19H,6-9H2,1-5H3,(H2,15,16,17,18). The summed E-state index contributed by atoms with van der Waals surface area (Å²) in [5, 5.41) is 15.7. The van der Waals surface area contributed by atoms with Crippen LogP contribution >= 0.6 is 0 Å². The van der Waals surface area contributed by atoms with Crippen LogP contribution in [-0.4, -0.2) is 35.3 Å². The first-order chi connectivity index (χ1) is 8.93. The molecule has 5 nitrogen and oxygen atoms in total. The largest absolute Gasteiger partial charge is 0.396 e. The molecule has 0 atom stereocenters. The number of anilines is 2. The first kappa shape index (κ1) is 15.7. The maximum absolute atomic E-state index is 9.30. The van der Waals surface area contributed by atoms with Gasteiger partial charge in [-0.15, -0.1) is 0 Å². The minimum absolute atomic E-state index is 0.144. The number of hydrogen-bond acceptors (Lipinski definition) is 5. The highest BCUT2D eigenvalue weighted by atomic mass is 16.3. The lowest BCUT2D eigenvalue weighted by Crippen LogP contribution is -2.27. The molecule has 0 saturated heterocycles. The molecule has 0 aromatic carbocycles. The fourth-order valence-corrected chi connectivity index (χ4v) is 1.69. The van der Waals surface area contributed by atoms with Gasteiger partial charge in [0.1, 0.15) is 17.5 Å². The van der Waals surface area contributed by atoms with Gasteiger partial charge in [-0.2, -0.15) is 0 Å². The summed E-state index contributed by atoms with van der Waals surface area (Å²) in [4.78, 5) is 9.06. The summed E-state index contributed by atoms with van der Waals surface area (Å²) in [6.45, 7) is 8.96. The van der Waals surface area contributed by atoms with Crippen molar-refractivity contribution < 1.29 is 5.11 Å². The third-order valence-corrected chi connectivity index (χ3v) is 3.06. The molecule has 0 amide bonds. The van der Waals surface area contributed by atoms with Gasteiger partial charge in [0.2, 0.25) is 0 Å². The Morgan fingerprint density at radius 2 is 1.84 bits per heavy atom. The molecule has 1 aromatic rings. The fourth-order valence-electron chi connectivity index (χ4n) is 1.69. The number of nitrogens with zero attached hydrogens (tertiary/aromatic N) is 2. The normalized spacial score (nSPS) is 11.5. The van der Waals surface area contributed by atoms with E-state index >= 15 is 0 Å². The molecule has 0 saturated carbocycles. The second-order valence-electron chi connectivity index (χ2n) is 5.64. The molecule has 0 fully saturated rings. The Kier molecular flexibility index (Phi) is 5.54. The van der Waals surface area contributed by atoms with Gasteiger partial charge in [0.25, 0.3) is 0 Å². The third-order valence-electron chi connectivity index (χ3n) is 3.06. The minimum atomic E-state index is -0.165. The molecule has 1 aromatic heterocycles. The molecule has 19 heavy (non-hydrogen) atoms. The molecule has 5 heteroatoms. The van der Waals surface area contributed by atoms with Crippen molar-refractivity contribution in [2.24, 2.45) is 5.41 Å². The van der Waals surface area contributed by atoms with Crippen molar-refractivity contribution in [1.29, 1.82) is 0 Å². The third kappa shape index (κ3) is 4.35. The number of aliphatic hydroxyl groups is 1. The molecule has 0 aliphatic carbocycles. The molecule has 0 radical (unpaired) electrons. The van der Waals surface area contributed by atoms with Crippen molar-refractivity contribution in [3.8, 4) is 0 Å². The molecule has 0 bridgehead atoms. The quantitative estimate of drug-likeness (QED) is 0.706. The number of aliphatic hydroxyl groups excluding tert-OH is 1. The molecule has 0 aliphatic heterocycles. The van der Waals surface area contributed by atoms with Crippen LogP contribution in [0, 0.1) is 12.3 Å². The summed E-state index contributed by atoms with van der Waals surface area (Å²) in [6, 6.07) is 0. The number of hydrogen-bond donors (Lipinski definition) is 3. The zero-order chi connectivity index (χ0) is 14.5. The van der Waals surface area contributed by atoms with Gasteiger partial charge in [0.05, 0.1) is 0 Å². The van der Waals surface area contributed by atoms with E-state index in [1.807, 2.05) is 27.8 Å². The number of nitrogens with one attached hydrogen (secondary N) is 2. The maximum Gasteiger partial charge on any atom is 0.134 e. The van der Waals surface area contributed by atoms with Crippen molar-refractivity contribution in [3.05, 3.63) is 11.4 Å². The van der Waals surface area contributed by atoms with Crippen LogP contribution in [-0.2, 0) is 6.42 Å². The Morgan fingerprint density at radius 3 is 2.37 bits per heavy atom. The Bertz CT molecular complexity index is 418. The Morgan fingerprint density at radius 1 is 1.21 bits per heavy atom. The summed E-state index contributed by atoms with van der Waals surface area (Å²) in [6.07, 6.45) is 1.89. The minimum Gasteiger partial charge on any atom is -0.396 e. The molecule has 108 valence electrons. The number of aromatic nitrogens is 2. The predicted molar refractivity (Wildman–Crippen MR) is 79.7 cm³/mol. The fraction of sp³-hybridized carbons (Fsp3) is 0.714. The van der Waals surface area contributed by atoms with Gasteiger partial charge in [-0.05, 0) is 13.3 Å². The van der Waals surface area contributed by atoms with Gasteiger partial charge in [0.15, 0.2) is 0 Å². The summed E-state index contributed by atoms with van der Waals surface area (Å²) < 4.78 is 0. The summed E-state index contributed by atoms with van der Waals surface area (Å²) >= 11 is 0. The highest BCUT2D eigenvalue weighted by molar-refractivity contribution is 5.57. The molecule has 0 aliphatic rings. The number of aryl methyl sites for hydroxylation is 1. The van der Waals surface area contributed by atoms with Gasteiger partial charge < -0.3 is 15.7 Å². The zero-order valence-electron chi connectivity index (χ0n) is 12.7. The summed E-state index contributed by atoms with van der Waals surface area (Å²) in [5.74, 6) is 2.56. The van der Waals surface area contributed by atoms with Crippen LogP contribution in [0.25, 0.3) is 0 Å². The highest BCUT2D eigenvalue weighted by Gasteiger charge is 2.18. The maximum atomic E-state index is 9.30. The average Bonchev–Trinajstić information content (AvgIpc) is 2.39. The summed E-state index contributed by atoms with van der Waals surface area (Å²) in [5.41, 5.74) is 0.846. The van der Waals surface area contributed by atoms with Crippen molar-refractivity contribution in [2.45, 2.75) is 40.5 Å². The lowest BCUT2D eigenvalue weighted by atomic mass is 9.95. The van der Waals surface area contributed by atoms with E-state index in [0.29, 0.717) is 6.54 Å². The Labute approximate surface area is 115 Å². The van der Waals surface area contributed by atoms with Crippen LogP contribution < -0.4 is 10.6 Å². The molecule has 1 heterocycles. The van der Waals surface area contributed by atoms with Gasteiger partial charge in [-0.25, -0.2) is 9.97 Å². The second-order valence-corrected chi connectivity index (χ2v) is 5.64. The van der Waals surface area contributed by atoms with Gasteiger partial charge in [0, 0.05) is 37.6 Å². The van der Waals surface area contributed by atoms with E-state index in [0.717, 1.165) is 35.9 Å². The van der Waals surface area contributed by atoms with Crippen LogP contribution in [0.3, 0.4) is 0 Å². The number of rotatable bonds is 7. The first-order valence-corrected chi connectivity index (χ1v) is 6.83. The highest BCUT2D eigenvalue weighted by Crippen LogP contribution is 2.22. The monoisotopic (exact) mass is 266 g/mol. The van der Waals surface area contributed by atoms with E-state index in [9.17, 15) is 5.11 Å². The lowest BCUT2D eigenvalue weighted by molar-refractivity contribution is 0.170. The van der Waals surface area contributed by atoms with E-state index in [-0.39, 0.29) is 12.0 Å². The van der Waals surface area contributed by atoms with Crippen molar-refractivity contribution in [1.82, 2.24) is 9.97 Å². The Hall–Kier alpha value is -1.36. The second kappa shape index (κ2) is 6.70. The molecular weight excluding hydrogens is 240 g/mol. The lowest BCUT2D eigenvalue weighted by Gasteiger charge is -2.23. The molecule has 0 spiro atoms. The van der Waals surface area contributed by atoms with Gasteiger partial charge in [-0.1, -0.05) is 20.8 Å². The van der Waals surface area contributed by atoms with E-state index in [1.165, 1.54) is 0 Å². The van der Waals surface area contributed by atoms with E-state index in [4.69, 9.17) is 0 Å². The molecule has 0 unspecified atom stereocenters. The van der Waals surface area contributed by atoms with Crippen LogP contribution in [0.15, 0.2) is 0 Å². The topological polar surface area (TPSA) is 70.1 Å². The van der Waals surface area contributed by atoms with E-state index in [2.05, 4.69) is 27.5 Å². The van der Waals surface area contributed by atoms with Gasteiger partial charge >= 0.3 is 0 Å². The average molecular weight is 266 g/mol. The van der Waals surface area contributed by atoms with Crippen molar-refractivity contribution in [3.63, 3.8) is 0 Å². The van der Waals surface area contributed by atoms with Crippen molar-refractivity contribution >= 4 is 11.6 Å². The SMILES string of the molecule is CCCc1nc(NC)c(C)c(NCC(C)(C)CO)n1.